The van der Waals surface area contributed by atoms with Gasteiger partial charge in [0.15, 0.2) is 0 Å². The lowest BCUT2D eigenvalue weighted by molar-refractivity contribution is 0.177. The van der Waals surface area contributed by atoms with Crippen molar-refractivity contribution in [1.29, 1.82) is 0 Å². The smallest absolute Gasteiger partial charge is 0.123 e. The number of rotatable bonds is 3. The van der Waals surface area contributed by atoms with Crippen LogP contribution in [0.1, 0.15) is 22.8 Å². The first-order valence-electron chi connectivity index (χ1n) is 5.71. The molecular formula is C14H15BrN2O. The summed E-state index contributed by atoms with van der Waals surface area (Å²) in [5, 5.41) is 10.3. The Hall–Kier alpha value is -1.39. The summed E-state index contributed by atoms with van der Waals surface area (Å²) in [6, 6.07) is 9.56. The van der Waals surface area contributed by atoms with Gasteiger partial charge in [0, 0.05) is 17.1 Å². The highest BCUT2D eigenvalue weighted by Gasteiger charge is 2.12. The molecule has 0 aliphatic rings. The zero-order valence-corrected chi connectivity index (χ0v) is 11.7. The Kier molecular flexibility index (Phi) is 3.99. The summed E-state index contributed by atoms with van der Waals surface area (Å²) in [6.07, 6.45) is 1.65. The van der Waals surface area contributed by atoms with Gasteiger partial charge in [-0.3, -0.25) is 0 Å². The Labute approximate surface area is 115 Å². The van der Waals surface area contributed by atoms with Gasteiger partial charge in [0.25, 0.3) is 0 Å². The minimum Gasteiger partial charge on any atom is -0.388 e. The fraction of sp³-hybridized carbons (Fsp3) is 0.214. The average molecular weight is 307 g/mol. The molecule has 1 heterocycles. The van der Waals surface area contributed by atoms with E-state index in [2.05, 4.69) is 20.9 Å². The van der Waals surface area contributed by atoms with Gasteiger partial charge in [0.2, 0.25) is 0 Å². The molecule has 0 aliphatic carbocycles. The lowest BCUT2D eigenvalue weighted by Crippen LogP contribution is -2.04. The number of hydrogen-bond donors (Lipinski definition) is 2. The minimum absolute atomic E-state index is 0.477. The van der Waals surface area contributed by atoms with Crippen LogP contribution in [-0.2, 0) is 6.42 Å². The van der Waals surface area contributed by atoms with Crippen molar-refractivity contribution in [3.63, 3.8) is 0 Å². The molecule has 0 bridgehead atoms. The van der Waals surface area contributed by atoms with E-state index in [0.717, 1.165) is 21.2 Å². The van der Waals surface area contributed by atoms with E-state index >= 15 is 0 Å². The van der Waals surface area contributed by atoms with Crippen molar-refractivity contribution in [2.45, 2.75) is 19.4 Å². The molecule has 18 heavy (non-hydrogen) atoms. The van der Waals surface area contributed by atoms with Gasteiger partial charge in [-0.05, 0) is 47.9 Å². The second-order valence-corrected chi connectivity index (χ2v) is 5.23. The number of anilines is 1. The van der Waals surface area contributed by atoms with Crippen LogP contribution in [-0.4, -0.2) is 10.1 Å². The van der Waals surface area contributed by atoms with Crippen LogP contribution in [0.3, 0.4) is 0 Å². The number of nitrogens with zero attached hydrogens (tertiary/aromatic N) is 1. The third-order valence-corrected chi connectivity index (χ3v) is 3.37. The molecule has 2 rings (SSSR count). The molecule has 4 heteroatoms. The first kappa shape index (κ1) is 13.1. The maximum Gasteiger partial charge on any atom is 0.123 e. The molecule has 0 amide bonds. The van der Waals surface area contributed by atoms with Crippen molar-refractivity contribution in [1.82, 2.24) is 4.98 Å². The van der Waals surface area contributed by atoms with Crippen LogP contribution >= 0.6 is 15.9 Å². The van der Waals surface area contributed by atoms with E-state index in [-0.39, 0.29) is 0 Å². The Morgan fingerprint density at radius 1 is 1.33 bits per heavy atom. The van der Waals surface area contributed by atoms with Crippen LogP contribution in [0.15, 0.2) is 41.0 Å². The summed E-state index contributed by atoms with van der Waals surface area (Å²) < 4.78 is 0.969. The predicted molar refractivity (Wildman–Crippen MR) is 76.2 cm³/mol. The SMILES string of the molecule is Cc1ccc(Br)cc1C(O)Cc1ccnc(N)c1. The lowest BCUT2D eigenvalue weighted by Gasteiger charge is -2.14. The first-order chi connectivity index (χ1) is 8.56. The number of benzene rings is 1. The molecule has 94 valence electrons. The van der Waals surface area contributed by atoms with E-state index in [1.807, 2.05) is 31.2 Å². The van der Waals surface area contributed by atoms with Crippen molar-refractivity contribution in [3.05, 3.63) is 57.7 Å². The highest BCUT2D eigenvalue weighted by atomic mass is 79.9. The number of aliphatic hydroxyl groups is 1. The molecular weight excluding hydrogens is 292 g/mol. The minimum atomic E-state index is -0.538. The molecule has 0 radical (unpaired) electrons. The normalized spacial score (nSPS) is 12.4. The third-order valence-electron chi connectivity index (χ3n) is 2.87. The van der Waals surface area contributed by atoms with Gasteiger partial charge < -0.3 is 10.8 Å². The average Bonchev–Trinajstić information content (AvgIpc) is 2.32. The van der Waals surface area contributed by atoms with Crippen LogP contribution in [0.5, 0.6) is 0 Å². The monoisotopic (exact) mass is 306 g/mol. The van der Waals surface area contributed by atoms with Crippen molar-refractivity contribution in [2.24, 2.45) is 0 Å². The largest absolute Gasteiger partial charge is 0.388 e. The third kappa shape index (κ3) is 3.09. The van der Waals surface area contributed by atoms with Gasteiger partial charge in [-0.15, -0.1) is 0 Å². The van der Waals surface area contributed by atoms with Crippen molar-refractivity contribution in [2.75, 3.05) is 5.73 Å². The molecule has 0 spiro atoms. The number of nitrogen functional groups attached to an aromatic ring is 1. The molecule has 3 N–H and O–H groups in total. The van der Waals surface area contributed by atoms with E-state index in [1.54, 1.807) is 12.3 Å². The van der Waals surface area contributed by atoms with Gasteiger partial charge in [0.1, 0.15) is 5.82 Å². The first-order valence-corrected chi connectivity index (χ1v) is 6.50. The molecule has 0 aliphatic heterocycles. The van der Waals surface area contributed by atoms with Crippen molar-refractivity contribution < 1.29 is 5.11 Å². The number of hydrogen-bond acceptors (Lipinski definition) is 3. The topological polar surface area (TPSA) is 59.1 Å². The summed E-state index contributed by atoms with van der Waals surface area (Å²) in [4.78, 5) is 3.94. The fourth-order valence-corrected chi connectivity index (χ4v) is 2.30. The fourth-order valence-electron chi connectivity index (χ4n) is 1.92. The number of pyridine rings is 1. The summed E-state index contributed by atoms with van der Waals surface area (Å²) in [6.45, 7) is 1.99. The zero-order chi connectivity index (χ0) is 13.1. The van der Waals surface area contributed by atoms with Crippen molar-refractivity contribution in [3.8, 4) is 0 Å². The van der Waals surface area contributed by atoms with Gasteiger partial charge in [-0.25, -0.2) is 4.98 Å². The molecule has 1 unspecified atom stereocenters. The second kappa shape index (κ2) is 5.50. The summed E-state index contributed by atoms with van der Waals surface area (Å²) in [5.41, 5.74) is 8.61. The van der Waals surface area contributed by atoms with Gasteiger partial charge in [-0.1, -0.05) is 22.0 Å². The van der Waals surface area contributed by atoms with Crippen molar-refractivity contribution >= 4 is 21.7 Å². The molecule has 1 aromatic heterocycles. The summed E-state index contributed by atoms with van der Waals surface area (Å²) in [7, 11) is 0. The number of aryl methyl sites for hydroxylation is 1. The van der Waals surface area contributed by atoms with E-state index in [9.17, 15) is 5.11 Å². The highest BCUT2D eigenvalue weighted by Crippen LogP contribution is 2.25. The lowest BCUT2D eigenvalue weighted by atomic mass is 9.98. The second-order valence-electron chi connectivity index (χ2n) is 4.31. The zero-order valence-electron chi connectivity index (χ0n) is 10.1. The molecule has 3 nitrogen and oxygen atoms in total. The van der Waals surface area contributed by atoms with E-state index < -0.39 is 6.10 Å². The highest BCUT2D eigenvalue weighted by molar-refractivity contribution is 9.10. The number of nitrogens with two attached hydrogens (primary N) is 1. The summed E-state index contributed by atoms with van der Waals surface area (Å²) >= 11 is 3.42. The van der Waals surface area contributed by atoms with Crippen LogP contribution in [0.2, 0.25) is 0 Å². The number of aliphatic hydroxyl groups excluding tert-OH is 1. The molecule has 0 saturated carbocycles. The maximum absolute atomic E-state index is 10.3. The standard InChI is InChI=1S/C14H15BrN2O/c1-9-2-3-11(15)8-12(9)13(18)6-10-4-5-17-14(16)7-10/h2-5,7-8,13,18H,6H2,1H3,(H2,16,17). The quantitative estimate of drug-likeness (QED) is 0.916. The molecule has 0 fully saturated rings. The van der Waals surface area contributed by atoms with Crippen LogP contribution in [0.4, 0.5) is 5.82 Å². The summed E-state index contributed by atoms with van der Waals surface area (Å²) in [5.74, 6) is 0.477. The molecule has 2 aromatic rings. The Balaban J connectivity index is 2.21. The van der Waals surface area contributed by atoms with Gasteiger partial charge in [-0.2, -0.15) is 0 Å². The Bertz CT molecular complexity index is 557. The predicted octanol–water partition coefficient (Wildman–Crippen LogP) is 3.01. The van der Waals surface area contributed by atoms with Gasteiger partial charge >= 0.3 is 0 Å². The molecule has 0 saturated heterocycles. The number of halogens is 1. The van der Waals surface area contributed by atoms with Crippen LogP contribution in [0.25, 0.3) is 0 Å². The Morgan fingerprint density at radius 3 is 2.83 bits per heavy atom. The van der Waals surface area contributed by atoms with Gasteiger partial charge in [0.05, 0.1) is 6.10 Å². The maximum atomic E-state index is 10.3. The van der Waals surface area contributed by atoms with E-state index in [1.165, 1.54) is 0 Å². The number of aromatic nitrogens is 1. The molecule has 1 aromatic carbocycles. The van der Waals surface area contributed by atoms with Crippen LogP contribution < -0.4 is 5.73 Å². The van der Waals surface area contributed by atoms with E-state index in [0.29, 0.717) is 12.2 Å². The molecule has 1 atom stereocenters. The van der Waals surface area contributed by atoms with Crippen LogP contribution in [0, 0.1) is 6.92 Å². The Morgan fingerprint density at radius 2 is 2.11 bits per heavy atom. The van der Waals surface area contributed by atoms with E-state index in [4.69, 9.17) is 5.73 Å².